The topological polar surface area (TPSA) is 21.3 Å². The highest BCUT2D eigenvalue weighted by Crippen LogP contribution is 2.29. The van der Waals surface area contributed by atoms with Gasteiger partial charge in [-0.2, -0.15) is 0 Å². The molecule has 0 atom stereocenters. The van der Waals surface area contributed by atoms with Crippen LogP contribution in [0.15, 0.2) is 54.6 Å². The number of benzene rings is 3. The second-order valence-electron chi connectivity index (χ2n) is 5.57. The van der Waals surface area contributed by atoms with Crippen LogP contribution in [0.5, 0.6) is 5.75 Å². The lowest BCUT2D eigenvalue weighted by molar-refractivity contribution is 0.303. The number of hydrogen-bond donors (Lipinski definition) is 1. The van der Waals surface area contributed by atoms with E-state index in [-0.39, 0.29) is 5.82 Å². The van der Waals surface area contributed by atoms with Crippen LogP contribution in [0.25, 0.3) is 10.8 Å². The summed E-state index contributed by atoms with van der Waals surface area (Å²) in [5.41, 5.74) is 1.88. The number of rotatable bonds is 6. The van der Waals surface area contributed by atoms with E-state index < -0.39 is 0 Å². The smallest absolute Gasteiger partial charge is 0.124 e. The van der Waals surface area contributed by atoms with Crippen LogP contribution in [0, 0.1) is 5.82 Å². The highest BCUT2D eigenvalue weighted by atomic mass is 35.5. The molecule has 0 saturated heterocycles. The van der Waals surface area contributed by atoms with Gasteiger partial charge in [0.15, 0.2) is 0 Å². The molecule has 0 aliphatic rings. The van der Waals surface area contributed by atoms with E-state index in [1.807, 2.05) is 24.3 Å². The molecular weight excluding hydrogens is 325 g/mol. The molecule has 0 aliphatic carbocycles. The fourth-order valence-corrected chi connectivity index (χ4v) is 2.90. The van der Waals surface area contributed by atoms with Crippen LogP contribution in [0.2, 0.25) is 5.02 Å². The first-order valence-corrected chi connectivity index (χ1v) is 8.35. The monoisotopic (exact) mass is 343 g/mol. The van der Waals surface area contributed by atoms with Gasteiger partial charge in [-0.3, -0.25) is 0 Å². The Morgan fingerprint density at radius 1 is 1.08 bits per heavy atom. The summed E-state index contributed by atoms with van der Waals surface area (Å²) in [7, 11) is 0. The summed E-state index contributed by atoms with van der Waals surface area (Å²) in [5, 5.41) is 6.08. The largest absolute Gasteiger partial charge is 0.488 e. The quantitative estimate of drug-likeness (QED) is 0.654. The molecular formula is C20H19ClFNO. The molecule has 3 rings (SSSR count). The number of fused-ring (bicyclic) bond motifs is 1. The predicted molar refractivity (Wildman–Crippen MR) is 97.1 cm³/mol. The summed E-state index contributed by atoms with van der Waals surface area (Å²) in [6, 6.07) is 16.6. The van der Waals surface area contributed by atoms with E-state index in [9.17, 15) is 4.39 Å². The Balaban J connectivity index is 1.90. The second-order valence-corrected chi connectivity index (χ2v) is 5.98. The van der Waals surface area contributed by atoms with Gasteiger partial charge in [-0.05, 0) is 35.5 Å². The van der Waals surface area contributed by atoms with E-state index in [0.717, 1.165) is 30.0 Å². The Labute approximate surface area is 146 Å². The molecule has 4 heteroatoms. The first-order valence-electron chi connectivity index (χ1n) is 7.97. The molecule has 124 valence electrons. The molecule has 2 nitrogen and oxygen atoms in total. The van der Waals surface area contributed by atoms with E-state index in [1.165, 1.54) is 22.9 Å². The number of ether oxygens (including phenoxy) is 1. The summed E-state index contributed by atoms with van der Waals surface area (Å²) in [4.78, 5) is 0. The van der Waals surface area contributed by atoms with E-state index >= 15 is 0 Å². The molecule has 3 aromatic rings. The lowest BCUT2D eigenvalue weighted by atomic mass is 10.0. The normalized spacial score (nSPS) is 11.0. The second kappa shape index (κ2) is 7.65. The molecule has 3 aromatic carbocycles. The molecule has 0 unspecified atom stereocenters. The average Bonchev–Trinajstić information content (AvgIpc) is 2.59. The fourth-order valence-electron chi connectivity index (χ4n) is 2.68. The standard InChI is InChI=1S/C20H19ClFNO/c1-2-23-12-18-17-6-4-3-5-14(17)8-10-20(18)24-13-15-7-9-16(22)11-19(15)21/h3-11,23H,2,12-13H2,1H3. The van der Waals surface area contributed by atoms with Crippen LogP contribution in [-0.2, 0) is 13.2 Å². The van der Waals surface area contributed by atoms with Gasteiger partial charge in [0, 0.05) is 17.7 Å². The first kappa shape index (κ1) is 16.7. The highest BCUT2D eigenvalue weighted by Gasteiger charge is 2.10. The summed E-state index contributed by atoms with van der Waals surface area (Å²) >= 11 is 6.08. The zero-order valence-electron chi connectivity index (χ0n) is 13.5. The molecule has 0 aromatic heterocycles. The predicted octanol–water partition coefficient (Wildman–Crippen LogP) is 5.32. The van der Waals surface area contributed by atoms with Crippen molar-refractivity contribution in [2.24, 2.45) is 0 Å². The van der Waals surface area contributed by atoms with E-state index in [4.69, 9.17) is 16.3 Å². The third kappa shape index (κ3) is 3.69. The van der Waals surface area contributed by atoms with Crippen molar-refractivity contribution < 1.29 is 9.13 Å². The minimum atomic E-state index is -0.345. The van der Waals surface area contributed by atoms with Gasteiger partial charge in [-0.15, -0.1) is 0 Å². The van der Waals surface area contributed by atoms with Crippen LogP contribution in [-0.4, -0.2) is 6.54 Å². The summed E-state index contributed by atoms with van der Waals surface area (Å²) in [6.07, 6.45) is 0. The average molecular weight is 344 g/mol. The molecule has 0 radical (unpaired) electrons. The maximum Gasteiger partial charge on any atom is 0.124 e. The van der Waals surface area contributed by atoms with Crippen molar-refractivity contribution in [3.05, 3.63) is 76.6 Å². The lowest BCUT2D eigenvalue weighted by Gasteiger charge is -2.15. The van der Waals surface area contributed by atoms with Gasteiger partial charge < -0.3 is 10.1 Å². The molecule has 1 N–H and O–H groups in total. The molecule has 0 heterocycles. The van der Waals surface area contributed by atoms with Gasteiger partial charge in [0.1, 0.15) is 18.2 Å². The van der Waals surface area contributed by atoms with Gasteiger partial charge in [0.2, 0.25) is 0 Å². The molecule has 0 bridgehead atoms. The molecule has 0 spiro atoms. The maximum absolute atomic E-state index is 13.2. The fraction of sp³-hybridized carbons (Fsp3) is 0.200. The molecule has 0 amide bonds. The van der Waals surface area contributed by atoms with Gasteiger partial charge in [-0.25, -0.2) is 4.39 Å². The Bertz CT molecular complexity index is 850. The number of nitrogens with one attached hydrogen (secondary N) is 1. The Morgan fingerprint density at radius 3 is 2.71 bits per heavy atom. The van der Waals surface area contributed by atoms with Crippen LogP contribution >= 0.6 is 11.6 Å². The minimum absolute atomic E-state index is 0.302. The maximum atomic E-state index is 13.2. The highest BCUT2D eigenvalue weighted by molar-refractivity contribution is 6.31. The van der Waals surface area contributed by atoms with Crippen molar-refractivity contribution >= 4 is 22.4 Å². The zero-order valence-corrected chi connectivity index (χ0v) is 14.2. The van der Waals surface area contributed by atoms with Gasteiger partial charge in [-0.1, -0.05) is 54.9 Å². The van der Waals surface area contributed by atoms with Crippen LogP contribution in [0.1, 0.15) is 18.1 Å². The number of hydrogen-bond acceptors (Lipinski definition) is 2. The first-order chi connectivity index (χ1) is 11.7. The van der Waals surface area contributed by atoms with Crippen LogP contribution in [0.3, 0.4) is 0 Å². The lowest BCUT2D eigenvalue weighted by Crippen LogP contribution is -2.13. The third-order valence-corrected chi connectivity index (χ3v) is 4.30. The van der Waals surface area contributed by atoms with Gasteiger partial charge >= 0.3 is 0 Å². The summed E-state index contributed by atoms with van der Waals surface area (Å²) in [6.45, 7) is 3.98. The van der Waals surface area contributed by atoms with Crippen LogP contribution < -0.4 is 10.1 Å². The van der Waals surface area contributed by atoms with E-state index in [0.29, 0.717) is 11.6 Å². The van der Waals surface area contributed by atoms with E-state index in [2.05, 4.69) is 24.4 Å². The molecule has 0 aliphatic heterocycles. The van der Waals surface area contributed by atoms with Crippen molar-refractivity contribution in [2.45, 2.75) is 20.1 Å². The summed E-state index contributed by atoms with van der Waals surface area (Å²) < 4.78 is 19.2. The van der Waals surface area contributed by atoms with Crippen molar-refractivity contribution in [1.29, 1.82) is 0 Å². The van der Waals surface area contributed by atoms with Crippen molar-refractivity contribution in [1.82, 2.24) is 5.32 Å². The van der Waals surface area contributed by atoms with Crippen molar-refractivity contribution in [3.8, 4) is 5.75 Å². The zero-order chi connectivity index (χ0) is 16.9. The van der Waals surface area contributed by atoms with E-state index in [1.54, 1.807) is 6.07 Å². The Kier molecular flexibility index (Phi) is 5.34. The number of halogens is 2. The molecule has 24 heavy (non-hydrogen) atoms. The van der Waals surface area contributed by atoms with Gasteiger partial charge in [0.05, 0.1) is 5.02 Å². The summed E-state index contributed by atoms with van der Waals surface area (Å²) in [5.74, 6) is 0.470. The molecule has 0 saturated carbocycles. The Morgan fingerprint density at radius 2 is 1.92 bits per heavy atom. The Hall–Kier alpha value is -2.10. The van der Waals surface area contributed by atoms with Crippen LogP contribution in [0.4, 0.5) is 4.39 Å². The van der Waals surface area contributed by atoms with Crippen molar-refractivity contribution in [2.75, 3.05) is 6.54 Å². The molecule has 0 fully saturated rings. The van der Waals surface area contributed by atoms with Crippen molar-refractivity contribution in [3.63, 3.8) is 0 Å². The minimum Gasteiger partial charge on any atom is -0.488 e. The van der Waals surface area contributed by atoms with Gasteiger partial charge in [0.25, 0.3) is 0 Å². The SMILES string of the molecule is CCNCc1c(OCc2ccc(F)cc2Cl)ccc2ccccc12. The third-order valence-electron chi connectivity index (χ3n) is 3.95.